The SMILES string of the molecule is COCCN=C(NN)c1cn(C)nc1C. The predicted molar refractivity (Wildman–Crippen MR) is 58.5 cm³/mol. The number of nitrogens with two attached hydrogens (primary N) is 1. The number of aryl methyl sites for hydroxylation is 2. The van der Waals surface area contributed by atoms with Crippen LogP contribution in [0.15, 0.2) is 11.2 Å². The standard InChI is InChI=1S/C9H17N5O/c1-7-8(6-14(2)13-7)9(12-10)11-4-5-15-3/h6H,4-5,10H2,1-3H3,(H,11,12). The van der Waals surface area contributed by atoms with E-state index in [1.807, 2.05) is 20.2 Å². The van der Waals surface area contributed by atoms with Gasteiger partial charge in [0.15, 0.2) is 0 Å². The Morgan fingerprint density at radius 3 is 2.93 bits per heavy atom. The first-order valence-corrected chi connectivity index (χ1v) is 4.69. The fourth-order valence-electron chi connectivity index (χ4n) is 1.29. The second-order valence-corrected chi connectivity index (χ2v) is 3.17. The summed E-state index contributed by atoms with van der Waals surface area (Å²) in [7, 11) is 3.50. The highest BCUT2D eigenvalue weighted by Gasteiger charge is 2.08. The molecular weight excluding hydrogens is 194 g/mol. The molecule has 0 unspecified atom stereocenters. The van der Waals surface area contributed by atoms with E-state index in [9.17, 15) is 0 Å². The number of ether oxygens (including phenoxy) is 1. The summed E-state index contributed by atoms with van der Waals surface area (Å²) in [5, 5.41) is 4.22. The van der Waals surface area contributed by atoms with Crippen molar-refractivity contribution in [3.8, 4) is 0 Å². The summed E-state index contributed by atoms with van der Waals surface area (Å²) >= 11 is 0. The molecule has 0 bridgehead atoms. The van der Waals surface area contributed by atoms with Crippen LogP contribution in [0.5, 0.6) is 0 Å². The van der Waals surface area contributed by atoms with Crippen molar-refractivity contribution in [1.29, 1.82) is 0 Å². The van der Waals surface area contributed by atoms with Crippen molar-refractivity contribution < 1.29 is 4.74 Å². The Hall–Kier alpha value is -1.40. The van der Waals surface area contributed by atoms with Gasteiger partial charge in [0.1, 0.15) is 5.84 Å². The van der Waals surface area contributed by atoms with Crippen LogP contribution >= 0.6 is 0 Å². The van der Waals surface area contributed by atoms with Crippen LogP contribution in [-0.2, 0) is 11.8 Å². The zero-order valence-electron chi connectivity index (χ0n) is 9.32. The summed E-state index contributed by atoms with van der Waals surface area (Å²) in [6.45, 7) is 3.06. The van der Waals surface area contributed by atoms with Crippen LogP contribution in [0.3, 0.4) is 0 Å². The van der Waals surface area contributed by atoms with Crippen molar-refractivity contribution in [2.75, 3.05) is 20.3 Å². The van der Waals surface area contributed by atoms with Crippen LogP contribution in [0.1, 0.15) is 11.3 Å². The predicted octanol–water partition coefficient (Wildman–Crippen LogP) is -0.415. The minimum atomic E-state index is 0.574. The van der Waals surface area contributed by atoms with Gasteiger partial charge in [0, 0.05) is 20.4 Å². The molecule has 1 aromatic heterocycles. The molecule has 0 aliphatic rings. The molecule has 84 valence electrons. The maximum atomic E-state index is 5.41. The third-order valence-corrected chi connectivity index (χ3v) is 1.97. The van der Waals surface area contributed by atoms with E-state index < -0.39 is 0 Å². The number of hydrogen-bond donors (Lipinski definition) is 2. The first kappa shape index (κ1) is 11.7. The van der Waals surface area contributed by atoms with Gasteiger partial charge in [-0.1, -0.05) is 0 Å². The molecule has 0 atom stereocenters. The quantitative estimate of drug-likeness (QED) is 0.233. The molecule has 0 aromatic carbocycles. The Morgan fingerprint density at radius 2 is 2.47 bits per heavy atom. The van der Waals surface area contributed by atoms with Crippen LogP contribution in [-0.4, -0.2) is 35.9 Å². The van der Waals surface area contributed by atoms with Crippen molar-refractivity contribution in [3.63, 3.8) is 0 Å². The van der Waals surface area contributed by atoms with Gasteiger partial charge >= 0.3 is 0 Å². The zero-order valence-corrected chi connectivity index (χ0v) is 9.32. The molecule has 1 heterocycles. The van der Waals surface area contributed by atoms with Gasteiger partial charge < -0.3 is 10.2 Å². The maximum absolute atomic E-state index is 5.41. The molecule has 0 radical (unpaired) electrons. The fraction of sp³-hybridized carbons (Fsp3) is 0.556. The molecule has 1 aromatic rings. The highest BCUT2D eigenvalue weighted by Crippen LogP contribution is 2.04. The van der Waals surface area contributed by atoms with Gasteiger partial charge in [-0.3, -0.25) is 9.67 Å². The molecule has 0 saturated carbocycles. The van der Waals surface area contributed by atoms with Crippen LogP contribution in [0.25, 0.3) is 0 Å². The van der Waals surface area contributed by atoms with E-state index in [0.717, 1.165) is 11.3 Å². The topological polar surface area (TPSA) is 77.5 Å². The van der Waals surface area contributed by atoms with Crippen LogP contribution < -0.4 is 11.3 Å². The molecule has 1 rings (SSSR count). The van der Waals surface area contributed by atoms with E-state index in [4.69, 9.17) is 10.6 Å². The van der Waals surface area contributed by atoms with E-state index in [-0.39, 0.29) is 0 Å². The Bertz CT molecular complexity index is 344. The Kier molecular flexibility index (Phi) is 4.26. The van der Waals surface area contributed by atoms with E-state index in [0.29, 0.717) is 19.0 Å². The lowest BCUT2D eigenvalue weighted by Crippen LogP contribution is -2.31. The van der Waals surface area contributed by atoms with Crippen LogP contribution in [0, 0.1) is 6.92 Å². The highest BCUT2D eigenvalue weighted by atomic mass is 16.5. The Labute approximate surface area is 89.1 Å². The van der Waals surface area contributed by atoms with Crippen molar-refractivity contribution in [3.05, 3.63) is 17.5 Å². The molecular formula is C9H17N5O. The maximum Gasteiger partial charge on any atom is 0.146 e. The highest BCUT2D eigenvalue weighted by molar-refractivity contribution is 5.99. The molecule has 0 amide bonds. The first-order valence-electron chi connectivity index (χ1n) is 4.69. The molecule has 6 nitrogen and oxygen atoms in total. The van der Waals surface area contributed by atoms with Gasteiger partial charge in [-0.2, -0.15) is 5.10 Å². The van der Waals surface area contributed by atoms with Crippen molar-refractivity contribution in [2.24, 2.45) is 17.9 Å². The van der Waals surface area contributed by atoms with Gasteiger partial charge in [-0.25, -0.2) is 5.84 Å². The molecule has 3 N–H and O–H groups in total. The van der Waals surface area contributed by atoms with Crippen LogP contribution in [0.4, 0.5) is 0 Å². The molecule has 0 aliphatic heterocycles. The second kappa shape index (κ2) is 5.47. The molecule has 0 aliphatic carbocycles. The summed E-state index contributed by atoms with van der Waals surface area (Å²) in [4.78, 5) is 4.28. The lowest BCUT2D eigenvalue weighted by Gasteiger charge is -2.03. The van der Waals surface area contributed by atoms with Crippen molar-refractivity contribution in [2.45, 2.75) is 6.92 Å². The summed E-state index contributed by atoms with van der Waals surface area (Å²) in [5.41, 5.74) is 4.38. The minimum Gasteiger partial charge on any atom is -0.383 e. The number of rotatable bonds is 4. The summed E-state index contributed by atoms with van der Waals surface area (Å²) < 4.78 is 6.64. The third-order valence-electron chi connectivity index (χ3n) is 1.97. The van der Waals surface area contributed by atoms with E-state index in [1.165, 1.54) is 0 Å². The molecule has 0 spiro atoms. The lowest BCUT2D eigenvalue weighted by molar-refractivity contribution is 0.208. The average Bonchev–Trinajstić information content (AvgIpc) is 2.53. The van der Waals surface area contributed by atoms with E-state index in [2.05, 4.69) is 15.5 Å². The van der Waals surface area contributed by atoms with E-state index >= 15 is 0 Å². The number of hydrogen-bond acceptors (Lipinski definition) is 4. The molecule has 15 heavy (non-hydrogen) atoms. The first-order chi connectivity index (χ1) is 7.19. The lowest BCUT2D eigenvalue weighted by atomic mass is 10.2. The third kappa shape index (κ3) is 3.03. The largest absolute Gasteiger partial charge is 0.383 e. The number of nitrogens with zero attached hydrogens (tertiary/aromatic N) is 3. The minimum absolute atomic E-state index is 0.574. The summed E-state index contributed by atoms with van der Waals surface area (Å²) in [6.07, 6.45) is 1.88. The van der Waals surface area contributed by atoms with E-state index in [1.54, 1.807) is 11.8 Å². The van der Waals surface area contributed by atoms with Crippen molar-refractivity contribution >= 4 is 5.84 Å². The normalized spacial score (nSPS) is 11.9. The smallest absolute Gasteiger partial charge is 0.146 e. The van der Waals surface area contributed by atoms with Gasteiger partial charge in [0.25, 0.3) is 0 Å². The van der Waals surface area contributed by atoms with Crippen LogP contribution in [0.2, 0.25) is 0 Å². The number of hydrazine groups is 1. The number of methoxy groups -OCH3 is 1. The molecule has 6 heteroatoms. The van der Waals surface area contributed by atoms with Gasteiger partial charge in [0.05, 0.1) is 24.4 Å². The molecule has 0 saturated heterocycles. The number of nitrogens with one attached hydrogen (secondary N) is 1. The Balaban J connectivity index is 2.82. The van der Waals surface area contributed by atoms with Gasteiger partial charge in [-0.15, -0.1) is 0 Å². The van der Waals surface area contributed by atoms with Gasteiger partial charge in [-0.05, 0) is 6.92 Å². The summed E-state index contributed by atoms with van der Waals surface area (Å²) in [6, 6.07) is 0. The second-order valence-electron chi connectivity index (χ2n) is 3.17. The van der Waals surface area contributed by atoms with Gasteiger partial charge in [0.2, 0.25) is 0 Å². The average molecular weight is 211 g/mol. The fourth-order valence-corrected chi connectivity index (χ4v) is 1.29. The number of aromatic nitrogens is 2. The number of aliphatic imine (C=N–C) groups is 1. The monoisotopic (exact) mass is 211 g/mol. The number of amidine groups is 1. The van der Waals surface area contributed by atoms with Crippen molar-refractivity contribution in [1.82, 2.24) is 15.2 Å². The zero-order chi connectivity index (χ0) is 11.3. The summed E-state index contributed by atoms with van der Waals surface area (Å²) in [5.74, 6) is 6.04. The Morgan fingerprint density at radius 1 is 1.73 bits per heavy atom. The molecule has 0 fully saturated rings.